The van der Waals surface area contributed by atoms with Gasteiger partial charge < -0.3 is 4.74 Å². The minimum Gasteiger partial charge on any atom is -0.456 e. The standard InChI is InChI=1S/C19H17ClN2O7S/c20-14-5-9-16(10-6-14)30(27,28)21-11-1-2-17(21)19(24)29-12-18(23)13-3-7-15(8-4-13)22(25)26/h3-10,17H,1-2,11-12H2/t17-/m0/s1. The molecule has 0 radical (unpaired) electrons. The molecule has 1 aliphatic heterocycles. The molecule has 3 rings (SSSR count). The third-order valence-electron chi connectivity index (χ3n) is 4.64. The topological polar surface area (TPSA) is 124 Å². The molecule has 0 unspecified atom stereocenters. The molecule has 0 aliphatic carbocycles. The second kappa shape index (κ2) is 8.90. The first-order valence-electron chi connectivity index (χ1n) is 8.92. The lowest BCUT2D eigenvalue weighted by atomic mass is 10.1. The number of carbonyl (C=O) groups is 2. The fraction of sp³-hybridized carbons (Fsp3) is 0.263. The largest absolute Gasteiger partial charge is 0.456 e. The molecule has 1 atom stereocenters. The van der Waals surface area contributed by atoms with Gasteiger partial charge in [0.1, 0.15) is 6.04 Å². The van der Waals surface area contributed by atoms with E-state index >= 15 is 0 Å². The summed E-state index contributed by atoms with van der Waals surface area (Å²) in [6.45, 7) is -0.441. The number of non-ortho nitro benzene ring substituents is 1. The van der Waals surface area contributed by atoms with Gasteiger partial charge in [0, 0.05) is 29.3 Å². The molecule has 0 N–H and O–H groups in total. The highest BCUT2D eigenvalue weighted by Gasteiger charge is 2.40. The van der Waals surface area contributed by atoms with Crippen LogP contribution in [0.2, 0.25) is 5.02 Å². The number of nitrogens with zero attached hydrogens (tertiary/aromatic N) is 2. The van der Waals surface area contributed by atoms with Crippen LogP contribution < -0.4 is 0 Å². The summed E-state index contributed by atoms with van der Waals surface area (Å²) in [6.07, 6.45) is 0.750. The Kier molecular flexibility index (Phi) is 6.49. The highest BCUT2D eigenvalue weighted by atomic mass is 35.5. The van der Waals surface area contributed by atoms with Crippen molar-refractivity contribution in [2.75, 3.05) is 13.2 Å². The van der Waals surface area contributed by atoms with Gasteiger partial charge in [-0.2, -0.15) is 4.31 Å². The van der Waals surface area contributed by atoms with Crippen molar-refractivity contribution in [3.05, 3.63) is 69.2 Å². The molecular formula is C19H17ClN2O7S. The van der Waals surface area contributed by atoms with Crippen molar-refractivity contribution in [3.63, 3.8) is 0 Å². The van der Waals surface area contributed by atoms with Gasteiger partial charge in [-0.05, 0) is 49.2 Å². The quantitative estimate of drug-likeness (QED) is 0.274. The van der Waals surface area contributed by atoms with Crippen molar-refractivity contribution in [1.29, 1.82) is 0 Å². The summed E-state index contributed by atoms with van der Waals surface area (Å²) in [6, 6.07) is 9.45. The highest BCUT2D eigenvalue weighted by molar-refractivity contribution is 7.89. The molecule has 0 amide bonds. The number of ether oxygens (including phenoxy) is 1. The van der Waals surface area contributed by atoms with Crippen LogP contribution >= 0.6 is 11.6 Å². The number of hydrogen-bond donors (Lipinski definition) is 0. The van der Waals surface area contributed by atoms with E-state index in [4.69, 9.17) is 16.3 Å². The highest BCUT2D eigenvalue weighted by Crippen LogP contribution is 2.27. The van der Waals surface area contributed by atoms with Gasteiger partial charge >= 0.3 is 5.97 Å². The van der Waals surface area contributed by atoms with E-state index in [-0.39, 0.29) is 29.1 Å². The summed E-state index contributed by atoms with van der Waals surface area (Å²) >= 11 is 5.80. The fourth-order valence-corrected chi connectivity index (χ4v) is 4.86. The van der Waals surface area contributed by atoms with E-state index in [1.165, 1.54) is 48.5 Å². The van der Waals surface area contributed by atoms with E-state index in [2.05, 4.69) is 0 Å². The second-order valence-corrected chi connectivity index (χ2v) is 8.89. The van der Waals surface area contributed by atoms with Crippen LogP contribution in [0.4, 0.5) is 5.69 Å². The first-order chi connectivity index (χ1) is 14.2. The number of ketones is 1. The summed E-state index contributed by atoms with van der Waals surface area (Å²) in [5.74, 6) is -1.37. The van der Waals surface area contributed by atoms with Gasteiger partial charge in [-0.3, -0.25) is 19.7 Å². The first-order valence-corrected chi connectivity index (χ1v) is 10.7. The Morgan fingerprint density at radius 3 is 2.37 bits per heavy atom. The van der Waals surface area contributed by atoms with E-state index in [0.29, 0.717) is 11.4 Å². The van der Waals surface area contributed by atoms with Crippen LogP contribution in [0.1, 0.15) is 23.2 Å². The normalized spacial score (nSPS) is 16.9. The van der Waals surface area contributed by atoms with Crippen LogP contribution in [0.25, 0.3) is 0 Å². The van der Waals surface area contributed by atoms with Crippen LogP contribution in [0, 0.1) is 10.1 Å². The number of Topliss-reactive ketones (excluding diaryl/α,β-unsaturated/α-hetero) is 1. The van der Waals surface area contributed by atoms with Gasteiger partial charge in [0.25, 0.3) is 5.69 Å². The molecule has 1 heterocycles. The van der Waals surface area contributed by atoms with Crippen LogP contribution in [0.15, 0.2) is 53.4 Å². The van der Waals surface area contributed by atoms with E-state index in [1.54, 1.807) is 0 Å². The number of benzene rings is 2. The fourth-order valence-electron chi connectivity index (χ4n) is 3.09. The molecule has 158 valence electrons. The maximum atomic E-state index is 12.9. The van der Waals surface area contributed by atoms with E-state index < -0.39 is 39.3 Å². The average Bonchev–Trinajstić information content (AvgIpc) is 3.23. The Morgan fingerprint density at radius 2 is 1.77 bits per heavy atom. The molecule has 2 aromatic carbocycles. The van der Waals surface area contributed by atoms with Crippen molar-refractivity contribution in [2.24, 2.45) is 0 Å². The van der Waals surface area contributed by atoms with Crippen LogP contribution in [-0.2, 0) is 19.6 Å². The number of esters is 1. The second-order valence-electron chi connectivity index (χ2n) is 6.56. The number of carbonyl (C=O) groups excluding carboxylic acids is 2. The maximum absolute atomic E-state index is 12.9. The molecule has 0 saturated carbocycles. The van der Waals surface area contributed by atoms with Gasteiger partial charge in [0.05, 0.1) is 9.82 Å². The number of sulfonamides is 1. The molecule has 0 aromatic heterocycles. The Hall–Kier alpha value is -2.82. The summed E-state index contributed by atoms with van der Waals surface area (Å²) in [4.78, 5) is 34.7. The lowest BCUT2D eigenvalue weighted by Gasteiger charge is -2.22. The van der Waals surface area contributed by atoms with Crippen LogP contribution in [0.5, 0.6) is 0 Å². The molecular weight excluding hydrogens is 436 g/mol. The monoisotopic (exact) mass is 452 g/mol. The SMILES string of the molecule is O=C(COC(=O)[C@@H]1CCCN1S(=O)(=O)c1ccc(Cl)cc1)c1ccc([N+](=O)[O-])cc1. The number of rotatable bonds is 7. The molecule has 1 aliphatic rings. The zero-order valence-corrected chi connectivity index (χ0v) is 17.1. The van der Waals surface area contributed by atoms with Gasteiger partial charge in [0.15, 0.2) is 12.4 Å². The van der Waals surface area contributed by atoms with Crippen molar-refractivity contribution >= 4 is 39.1 Å². The van der Waals surface area contributed by atoms with Crippen LogP contribution in [0.3, 0.4) is 0 Å². The van der Waals surface area contributed by atoms with Gasteiger partial charge in [-0.25, -0.2) is 8.42 Å². The van der Waals surface area contributed by atoms with Crippen molar-refractivity contribution in [2.45, 2.75) is 23.8 Å². The molecule has 9 nitrogen and oxygen atoms in total. The van der Waals surface area contributed by atoms with Crippen molar-refractivity contribution < 1.29 is 27.7 Å². The lowest BCUT2D eigenvalue weighted by Crippen LogP contribution is -2.41. The predicted octanol–water partition coefficient (Wildman–Crippen LogP) is 2.83. The van der Waals surface area contributed by atoms with Gasteiger partial charge in [-0.15, -0.1) is 0 Å². The Labute approximate surface area is 177 Å². The maximum Gasteiger partial charge on any atom is 0.324 e. The van der Waals surface area contributed by atoms with Gasteiger partial charge in [0.2, 0.25) is 10.0 Å². The van der Waals surface area contributed by atoms with Crippen molar-refractivity contribution in [1.82, 2.24) is 4.31 Å². The van der Waals surface area contributed by atoms with E-state index in [1.807, 2.05) is 0 Å². The molecule has 0 spiro atoms. The number of nitro groups is 1. The molecule has 1 saturated heterocycles. The lowest BCUT2D eigenvalue weighted by molar-refractivity contribution is -0.384. The third-order valence-corrected chi connectivity index (χ3v) is 6.82. The Morgan fingerprint density at radius 1 is 1.13 bits per heavy atom. The predicted molar refractivity (Wildman–Crippen MR) is 107 cm³/mol. The van der Waals surface area contributed by atoms with E-state index in [0.717, 1.165) is 4.31 Å². The zero-order valence-electron chi connectivity index (χ0n) is 15.6. The van der Waals surface area contributed by atoms with Crippen molar-refractivity contribution in [3.8, 4) is 0 Å². The smallest absolute Gasteiger partial charge is 0.324 e. The van der Waals surface area contributed by atoms with Gasteiger partial charge in [-0.1, -0.05) is 11.6 Å². The zero-order chi connectivity index (χ0) is 21.9. The average molecular weight is 453 g/mol. The molecule has 11 heteroatoms. The first kappa shape index (κ1) is 21.9. The Balaban J connectivity index is 1.66. The summed E-state index contributed by atoms with van der Waals surface area (Å²) < 4.78 is 31.8. The van der Waals surface area contributed by atoms with Crippen LogP contribution in [-0.4, -0.2) is 48.6 Å². The summed E-state index contributed by atoms with van der Waals surface area (Å²) in [5, 5.41) is 11.1. The molecule has 0 bridgehead atoms. The molecule has 1 fully saturated rings. The number of halogens is 1. The number of nitro benzene ring substituents is 1. The molecule has 2 aromatic rings. The third kappa shape index (κ3) is 4.66. The number of hydrogen-bond acceptors (Lipinski definition) is 7. The van der Waals surface area contributed by atoms with E-state index in [9.17, 15) is 28.1 Å². The Bertz CT molecular complexity index is 1070. The molecule has 30 heavy (non-hydrogen) atoms. The summed E-state index contributed by atoms with van der Waals surface area (Å²) in [7, 11) is -3.93. The minimum atomic E-state index is -3.93. The minimum absolute atomic E-state index is 0.00792. The summed E-state index contributed by atoms with van der Waals surface area (Å²) in [5.41, 5.74) is -0.0250.